The molecule has 0 heterocycles. The van der Waals surface area contributed by atoms with E-state index in [0.717, 1.165) is 0 Å². The number of esters is 1. The fraction of sp³-hybridized carbons (Fsp3) is 0.615. The van der Waals surface area contributed by atoms with E-state index < -0.39 is 18.0 Å². The van der Waals surface area contributed by atoms with Gasteiger partial charge in [0.1, 0.15) is 6.04 Å². The Kier molecular flexibility index (Phi) is 9.88. The Bertz CT molecular complexity index is 423. The number of carbonyl (C=O) groups excluding carboxylic acids is 3. The van der Waals surface area contributed by atoms with E-state index in [1.165, 1.54) is 18.9 Å². The van der Waals surface area contributed by atoms with E-state index in [-0.39, 0.29) is 24.2 Å². The summed E-state index contributed by atoms with van der Waals surface area (Å²) in [5, 5.41) is 8.25. The average Bonchev–Trinajstić information content (AvgIpc) is 2.56. The predicted molar refractivity (Wildman–Crippen MR) is 86.1 cm³/mol. The SMILES string of the molecule is [3H]NC(=O)[C@H](CNC=CC)NC(=O)[C@H](CSCC(=O)OC)NC. The number of nitrogens with one attached hydrogen (secondary N) is 3. The van der Waals surface area contributed by atoms with Crippen LogP contribution in [0.15, 0.2) is 12.3 Å². The lowest BCUT2D eigenvalue weighted by Gasteiger charge is -2.20. The minimum Gasteiger partial charge on any atom is -0.468 e. The molecule has 0 saturated heterocycles. The van der Waals surface area contributed by atoms with Crippen molar-refractivity contribution in [3.8, 4) is 0 Å². The molecule has 2 amide bonds. The molecule has 0 aliphatic heterocycles. The summed E-state index contributed by atoms with van der Waals surface area (Å²) >= 11 is 1.25. The molecule has 0 radical (unpaired) electrons. The number of thioether (sulfide) groups is 1. The zero-order valence-corrected chi connectivity index (χ0v) is 13.8. The van der Waals surface area contributed by atoms with Crippen molar-refractivity contribution in [2.24, 2.45) is 5.73 Å². The first-order valence-corrected chi connectivity index (χ1v) is 7.83. The summed E-state index contributed by atoms with van der Waals surface area (Å²) < 4.78 is 11.4. The Morgan fingerprint density at radius 1 is 1.41 bits per heavy atom. The lowest BCUT2D eigenvalue weighted by atomic mass is 10.2. The lowest BCUT2D eigenvalue weighted by molar-refractivity contribution is -0.137. The Hall–Kier alpha value is -1.74. The number of ether oxygens (including phenoxy) is 1. The zero-order chi connectivity index (χ0) is 17.7. The fourth-order valence-electron chi connectivity index (χ4n) is 1.39. The molecule has 9 heteroatoms. The van der Waals surface area contributed by atoms with Crippen molar-refractivity contribution in [2.45, 2.75) is 19.0 Å². The van der Waals surface area contributed by atoms with E-state index >= 15 is 0 Å². The third-order valence-corrected chi connectivity index (χ3v) is 3.65. The van der Waals surface area contributed by atoms with E-state index in [4.69, 9.17) is 1.41 Å². The van der Waals surface area contributed by atoms with Crippen molar-refractivity contribution in [3.63, 3.8) is 0 Å². The highest BCUT2D eigenvalue weighted by molar-refractivity contribution is 8.00. The second kappa shape index (κ2) is 11.9. The number of methoxy groups -OCH3 is 1. The number of hydrogen-bond acceptors (Lipinski definition) is 7. The quantitative estimate of drug-likeness (QED) is 0.342. The minimum absolute atomic E-state index is 0.140. The van der Waals surface area contributed by atoms with E-state index in [1.54, 1.807) is 32.0 Å². The Labute approximate surface area is 136 Å². The molecule has 0 aromatic heterocycles. The van der Waals surface area contributed by atoms with Gasteiger partial charge in [0.05, 0.1) is 18.9 Å². The third kappa shape index (κ3) is 8.53. The minimum atomic E-state index is -0.877. The molecule has 0 saturated carbocycles. The van der Waals surface area contributed by atoms with Crippen LogP contribution < -0.4 is 21.7 Å². The van der Waals surface area contributed by atoms with Gasteiger partial charge in [0.25, 0.3) is 0 Å². The summed E-state index contributed by atoms with van der Waals surface area (Å²) in [4.78, 5) is 34.9. The van der Waals surface area contributed by atoms with Crippen LogP contribution in [0.4, 0.5) is 0 Å². The smallest absolute Gasteiger partial charge is 0.315 e. The molecular weight excluding hydrogens is 308 g/mol. The maximum Gasteiger partial charge on any atom is 0.315 e. The average molecular weight is 334 g/mol. The van der Waals surface area contributed by atoms with Crippen LogP contribution in [0.3, 0.4) is 0 Å². The van der Waals surface area contributed by atoms with Crippen molar-refractivity contribution in [1.29, 1.82) is 0 Å². The van der Waals surface area contributed by atoms with Gasteiger partial charge < -0.3 is 26.4 Å². The second-order valence-electron chi connectivity index (χ2n) is 4.27. The van der Waals surface area contributed by atoms with Gasteiger partial charge in [-0.25, -0.2) is 0 Å². The fourth-order valence-corrected chi connectivity index (χ4v) is 2.35. The highest BCUT2D eigenvalue weighted by Gasteiger charge is 2.23. The summed E-state index contributed by atoms with van der Waals surface area (Å²) in [6.07, 6.45) is 3.38. The number of amides is 2. The number of likely N-dealkylation sites (N-methyl/N-ethyl adjacent to an activating group) is 1. The number of nitrogens with two attached hydrogens (primary N) is 1. The normalized spacial score (nSPS) is 13.9. The maximum atomic E-state index is 12.2. The standard InChI is InChI=1S/C13H24N4O4S/c1-4-5-16-6-9(12(14)19)17-13(20)10(15-2)7-22-8-11(18)21-3/h4-5,9-10,15-16H,6-8H2,1-3H3,(H2,14,19)(H,17,20)/t9-,10-/m0/s1/i/hT. The van der Waals surface area contributed by atoms with Crippen molar-refractivity contribution in [1.82, 2.24) is 16.0 Å². The highest BCUT2D eigenvalue weighted by atomic mass is 32.2. The molecule has 0 aromatic rings. The molecule has 0 fully saturated rings. The monoisotopic (exact) mass is 334 g/mol. The molecule has 0 aliphatic rings. The molecule has 22 heavy (non-hydrogen) atoms. The number of primary amides is 1. The van der Waals surface area contributed by atoms with Gasteiger partial charge in [-0.3, -0.25) is 14.4 Å². The van der Waals surface area contributed by atoms with Gasteiger partial charge in [0.15, 0.2) is 1.41 Å². The number of rotatable bonds is 11. The molecule has 0 unspecified atom stereocenters. The van der Waals surface area contributed by atoms with Crippen LogP contribution in [-0.4, -0.2) is 62.1 Å². The first-order valence-electron chi connectivity index (χ1n) is 7.18. The highest BCUT2D eigenvalue weighted by Crippen LogP contribution is 2.04. The molecular formula is C13H24N4O4S. The van der Waals surface area contributed by atoms with Crippen LogP contribution >= 0.6 is 11.8 Å². The summed E-state index contributed by atoms with van der Waals surface area (Å²) in [6, 6.07) is -1.45. The predicted octanol–water partition coefficient (Wildman–Crippen LogP) is -1.43. The van der Waals surface area contributed by atoms with E-state index in [2.05, 4.69) is 20.7 Å². The lowest BCUT2D eigenvalue weighted by Crippen LogP contribution is -2.54. The largest absolute Gasteiger partial charge is 0.468 e. The van der Waals surface area contributed by atoms with Crippen LogP contribution in [-0.2, 0) is 19.1 Å². The van der Waals surface area contributed by atoms with Gasteiger partial charge >= 0.3 is 5.97 Å². The van der Waals surface area contributed by atoms with Gasteiger partial charge in [-0.1, -0.05) is 6.08 Å². The van der Waals surface area contributed by atoms with Gasteiger partial charge in [0.2, 0.25) is 11.8 Å². The van der Waals surface area contributed by atoms with Crippen LogP contribution in [0.2, 0.25) is 1.41 Å². The van der Waals surface area contributed by atoms with Gasteiger partial charge in [0, 0.05) is 12.3 Å². The van der Waals surface area contributed by atoms with Gasteiger partial charge in [-0.05, 0) is 20.2 Å². The topological polar surface area (TPSA) is 123 Å². The van der Waals surface area contributed by atoms with Crippen molar-refractivity contribution in [2.75, 3.05) is 32.2 Å². The summed E-state index contributed by atoms with van der Waals surface area (Å²) in [7, 11) is 2.91. The first-order chi connectivity index (χ1) is 11.0. The summed E-state index contributed by atoms with van der Waals surface area (Å²) in [5.74, 6) is -0.892. The Morgan fingerprint density at radius 2 is 2.14 bits per heavy atom. The Balaban J connectivity index is 4.53. The summed E-state index contributed by atoms with van der Waals surface area (Å²) in [5.41, 5.74) is 1.77. The second-order valence-corrected chi connectivity index (χ2v) is 5.30. The van der Waals surface area contributed by atoms with Crippen molar-refractivity contribution >= 4 is 29.5 Å². The molecule has 8 nitrogen and oxygen atoms in total. The number of carbonyl (C=O) groups is 3. The molecule has 126 valence electrons. The van der Waals surface area contributed by atoms with Crippen LogP contribution in [0.1, 0.15) is 6.92 Å². The molecule has 2 atom stereocenters. The molecule has 0 rings (SSSR count). The molecule has 0 aliphatic carbocycles. The van der Waals surface area contributed by atoms with Crippen molar-refractivity contribution in [3.05, 3.63) is 12.3 Å². The Morgan fingerprint density at radius 3 is 2.68 bits per heavy atom. The number of allylic oxidation sites excluding steroid dienone is 1. The van der Waals surface area contributed by atoms with Crippen LogP contribution in [0, 0.1) is 0 Å². The van der Waals surface area contributed by atoms with E-state index in [1.807, 2.05) is 0 Å². The van der Waals surface area contributed by atoms with Crippen LogP contribution in [0.25, 0.3) is 0 Å². The van der Waals surface area contributed by atoms with Crippen LogP contribution in [0.5, 0.6) is 0 Å². The number of hydrogen-bond donors (Lipinski definition) is 4. The third-order valence-electron chi connectivity index (χ3n) is 2.64. The molecule has 0 bridgehead atoms. The first kappa shape index (κ1) is 18.3. The summed E-state index contributed by atoms with van der Waals surface area (Å²) in [6.45, 7) is 1.97. The molecule has 0 aromatic carbocycles. The maximum absolute atomic E-state index is 12.2. The molecule has 5 N–H and O–H groups in total. The van der Waals surface area contributed by atoms with E-state index in [0.29, 0.717) is 5.75 Å². The zero-order valence-electron chi connectivity index (χ0n) is 14.0. The van der Waals surface area contributed by atoms with Gasteiger partial charge in [-0.15, -0.1) is 11.8 Å². The van der Waals surface area contributed by atoms with Crippen molar-refractivity contribution < 1.29 is 20.5 Å². The van der Waals surface area contributed by atoms with E-state index in [9.17, 15) is 14.4 Å². The van der Waals surface area contributed by atoms with Gasteiger partial charge in [-0.2, -0.15) is 0 Å². The molecule has 0 spiro atoms.